The molecule has 14 heteroatoms. The molecule has 27 heavy (non-hydrogen) atoms. The normalized spacial score (nSPS) is 8.63. The van der Waals surface area contributed by atoms with Gasteiger partial charge in [-0.15, -0.1) is 0 Å². The molecule has 10 nitrogen and oxygen atoms in total. The Labute approximate surface area is 242 Å². The van der Waals surface area contributed by atoms with Gasteiger partial charge in [0.05, 0.1) is 11.5 Å². The fourth-order valence-corrected chi connectivity index (χ4v) is 1.33. The van der Waals surface area contributed by atoms with Gasteiger partial charge in [-0.25, -0.2) is 4.79 Å². The zero-order chi connectivity index (χ0) is 18.2. The predicted molar refractivity (Wildman–Crippen MR) is 62.1 cm³/mol. The van der Waals surface area contributed by atoms with Crippen LogP contribution in [0.2, 0.25) is 0 Å². The second kappa shape index (κ2) is 18.9. The Kier molecular flexibility index (Phi) is 26.9. The summed E-state index contributed by atoms with van der Waals surface area (Å²) in [7, 11) is 0. The summed E-state index contributed by atoms with van der Waals surface area (Å²) in [5.41, 5.74) is -3.15. The van der Waals surface area contributed by atoms with Gasteiger partial charge < -0.3 is 45.0 Å². The SMILES string of the molecule is O=C(O)c1ccccc1[O-].O=C([O-])CC(O)(CC(=O)[O-])C(=O)[O-].[Na+].[Na+].[Na+].[Na+]. The van der Waals surface area contributed by atoms with Gasteiger partial charge in [-0.05, 0) is 6.07 Å². The van der Waals surface area contributed by atoms with Crippen LogP contribution in [0.4, 0.5) is 0 Å². The van der Waals surface area contributed by atoms with Crippen LogP contribution in [0.5, 0.6) is 5.75 Å². The van der Waals surface area contributed by atoms with Crippen molar-refractivity contribution in [2.75, 3.05) is 0 Å². The zero-order valence-corrected chi connectivity index (χ0v) is 23.4. The van der Waals surface area contributed by atoms with E-state index in [4.69, 9.17) is 10.2 Å². The third-order valence-corrected chi connectivity index (χ3v) is 2.37. The van der Waals surface area contributed by atoms with Crippen molar-refractivity contribution in [1.29, 1.82) is 0 Å². The molecule has 126 valence electrons. The molecule has 0 heterocycles. The quantitative estimate of drug-likeness (QED) is 0.418. The Morgan fingerprint density at radius 1 is 0.852 bits per heavy atom. The number of carbonyl (C=O) groups excluding carboxylic acids is 3. The molecule has 0 fully saturated rings. The second-order valence-electron chi connectivity index (χ2n) is 4.22. The summed E-state index contributed by atoms with van der Waals surface area (Å²) in [6.45, 7) is 0. The monoisotopic (exact) mass is 418 g/mol. The number of aliphatic carboxylic acids is 3. The Morgan fingerprint density at radius 2 is 1.22 bits per heavy atom. The Morgan fingerprint density at radius 3 is 1.44 bits per heavy atom. The van der Waals surface area contributed by atoms with E-state index >= 15 is 0 Å². The summed E-state index contributed by atoms with van der Waals surface area (Å²) in [4.78, 5) is 40.2. The van der Waals surface area contributed by atoms with E-state index in [0.717, 1.165) is 0 Å². The topological polar surface area (TPSA) is 201 Å². The maximum absolute atomic E-state index is 10.7. The van der Waals surface area contributed by atoms with E-state index in [1.807, 2.05) is 0 Å². The van der Waals surface area contributed by atoms with Crippen LogP contribution in [-0.4, -0.2) is 39.7 Å². The first kappa shape index (κ1) is 38.5. The summed E-state index contributed by atoms with van der Waals surface area (Å²) in [5, 5.41) is 58.0. The first-order chi connectivity index (χ1) is 10.5. The maximum atomic E-state index is 10.7. The number of hydrogen-bond donors (Lipinski definition) is 2. The number of hydrogen-bond acceptors (Lipinski definition) is 9. The minimum absolute atomic E-state index is 0. The summed E-state index contributed by atoms with van der Waals surface area (Å²) >= 11 is 0. The van der Waals surface area contributed by atoms with Crippen molar-refractivity contribution in [3.63, 3.8) is 0 Å². The minimum Gasteiger partial charge on any atom is -0.872 e. The van der Waals surface area contributed by atoms with Crippen molar-refractivity contribution in [3.05, 3.63) is 29.8 Å². The number of carbonyl (C=O) groups is 4. The molecule has 2 N–H and O–H groups in total. The molecule has 1 aromatic rings. The van der Waals surface area contributed by atoms with Crippen LogP contribution in [0.3, 0.4) is 0 Å². The van der Waals surface area contributed by atoms with Gasteiger partial charge in [0.2, 0.25) is 0 Å². The molecule has 0 aliphatic carbocycles. The van der Waals surface area contributed by atoms with Crippen molar-refractivity contribution in [3.8, 4) is 5.75 Å². The Bertz CT molecular complexity index is 607. The van der Waals surface area contributed by atoms with Gasteiger partial charge in [0.15, 0.2) is 0 Å². The molecule has 1 rings (SSSR count). The number of carboxylic acid groups (broad SMARTS) is 4. The first-order valence-electron chi connectivity index (χ1n) is 5.82. The Hall–Kier alpha value is 0.860. The van der Waals surface area contributed by atoms with Crippen LogP contribution in [0.15, 0.2) is 24.3 Å². The van der Waals surface area contributed by atoms with Crippen molar-refractivity contribution < 1.29 is 168 Å². The molecule has 0 aliphatic rings. The van der Waals surface area contributed by atoms with Gasteiger partial charge in [0.25, 0.3) is 0 Å². The van der Waals surface area contributed by atoms with E-state index in [2.05, 4.69) is 0 Å². The number of benzene rings is 1. The van der Waals surface area contributed by atoms with Gasteiger partial charge >= 0.3 is 124 Å². The first-order valence-corrected chi connectivity index (χ1v) is 5.82. The molecular weight excluding hydrogens is 408 g/mol. The number of rotatable bonds is 6. The number of aromatic carboxylic acids is 1. The smallest absolute Gasteiger partial charge is 0.872 e. The summed E-state index contributed by atoms with van der Waals surface area (Å²) < 4.78 is 0. The van der Waals surface area contributed by atoms with Gasteiger partial charge in [0, 0.05) is 24.8 Å². The standard InChI is InChI=1S/C7H6O3.C6H8O7.4Na/c8-6-4-2-1-3-5(6)7(9)10;7-3(8)1-6(13,5(11)12)2-4(9)10;;;;/h1-4,8H,(H,9,10);13H,1-2H2,(H,7,8)(H,9,10)(H,11,12);;;;/q;;4*+1/p-4. The second-order valence-corrected chi connectivity index (χ2v) is 4.22. The number of aliphatic hydroxyl groups is 1. The summed E-state index contributed by atoms with van der Waals surface area (Å²) in [6.07, 6.45) is -2.72. The minimum atomic E-state index is -2.97. The molecule has 0 atom stereocenters. The molecule has 0 aliphatic heterocycles. The third-order valence-electron chi connectivity index (χ3n) is 2.37. The zero-order valence-electron chi connectivity index (χ0n) is 15.4. The van der Waals surface area contributed by atoms with Crippen LogP contribution in [0.1, 0.15) is 23.2 Å². The third kappa shape index (κ3) is 16.4. The van der Waals surface area contributed by atoms with Crippen LogP contribution in [0.25, 0.3) is 0 Å². The summed E-state index contributed by atoms with van der Waals surface area (Å²) in [5.74, 6) is -7.61. The molecule has 0 radical (unpaired) electrons. The maximum Gasteiger partial charge on any atom is 1.00 e. The fraction of sp³-hybridized carbons (Fsp3) is 0.231. The molecule has 1 aromatic carbocycles. The molecule has 0 bridgehead atoms. The van der Waals surface area contributed by atoms with E-state index in [1.54, 1.807) is 0 Å². The average molecular weight is 418 g/mol. The van der Waals surface area contributed by atoms with E-state index < -0.39 is 48.1 Å². The van der Waals surface area contributed by atoms with Crippen molar-refractivity contribution in [2.45, 2.75) is 18.4 Å². The number of para-hydroxylation sites is 1. The summed E-state index contributed by atoms with van der Waals surface area (Å²) in [6, 6.07) is 5.54. The molecule has 0 unspecified atom stereocenters. The number of carboxylic acids is 4. The molecule has 0 aromatic heterocycles. The van der Waals surface area contributed by atoms with E-state index in [9.17, 15) is 39.6 Å². The average Bonchev–Trinajstić information content (AvgIpc) is 2.37. The van der Waals surface area contributed by atoms with Gasteiger partial charge in [-0.3, -0.25) is 0 Å². The molecule has 0 spiro atoms. The van der Waals surface area contributed by atoms with Crippen LogP contribution < -0.4 is 139 Å². The van der Waals surface area contributed by atoms with Gasteiger partial charge in [0.1, 0.15) is 5.60 Å². The Balaban J connectivity index is -0.000000106. The van der Waals surface area contributed by atoms with Crippen molar-refractivity contribution in [1.82, 2.24) is 0 Å². The van der Waals surface area contributed by atoms with Crippen molar-refractivity contribution in [2.24, 2.45) is 0 Å². The van der Waals surface area contributed by atoms with Crippen LogP contribution in [0, 0.1) is 0 Å². The molecule has 0 saturated carbocycles. The van der Waals surface area contributed by atoms with Crippen molar-refractivity contribution >= 4 is 23.9 Å². The van der Waals surface area contributed by atoms with Gasteiger partial charge in [-0.1, -0.05) is 23.9 Å². The van der Waals surface area contributed by atoms with Crippen LogP contribution >= 0.6 is 0 Å². The predicted octanol–water partition coefficient (Wildman–Crippen LogP) is -16.8. The molecule has 0 amide bonds. The fourth-order valence-electron chi connectivity index (χ4n) is 1.33. The van der Waals surface area contributed by atoms with E-state index in [0.29, 0.717) is 0 Å². The molecular formula is C13H10Na4O10. The molecule has 0 saturated heterocycles. The van der Waals surface area contributed by atoms with E-state index in [-0.39, 0.29) is 124 Å². The van der Waals surface area contributed by atoms with E-state index in [1.165, 1.54) is 24.3 Å². The van der Waals surface area contributed by atoms with Gasteiger partial charge in [-0.2, -0.15) is 0 Å². The largest absolute Gasteiger partial charge is 1.00 e. The van der Waals surface area contributed by atoms with Crippen LogP contribution in [-0.2, 0) is 14.4 Å².